The molecule has 3 aromatic carbocycles. The Kier molecular flexibility index (Phi) is 5.05. The third kappa shape index (κ3) is 3.99. The van der Waals surface area contributed by atoms with Crippen LogP contribution >= 0.6 is 0 Å². The van der Waals surface area contributed by atoms with Crippen LogP contribution in [0.2, 0.25) is 0 Å². The number of nitrogens with zero attached hydrogens (tertiary/aromatic N) is 1. The van der Waals surface area contributed by atoms with Gasteiger partial charge in [-0.2, -0.15) is 0 Å². The van der Waals surface area contributed by atoms with Gasteiger partial charge in [0.25, 0.3) is 0 Å². The van der Waals surface area contributed by atoms with E-state index in [2.05, 4.69) is 4.98 Å². The van der Waals surface area contributed by atoms with E-state index >= 15 is 0 Å². The molecule has 146 valence electrons. The first-order valence-corrected chi connectivity index (χ1v) is 10.7. The Hall–Kier alpha value is -3.22. The molecular weight excluding hydrogens is 384 g/mol. The van der Waals surface area contributed by atoms with Crippen molar-refractivity contribution in [1.82, 2.24) is 4.98 Å². The molecule has 0 aliphatic carbocycles. The molecule has 4 aromatic rings. The molecule has 2 N–H and O–H groups in total. The van der Waals surface area contributed by atoms with E-state index in [1.165, 1.54) is 6.07 Å². The topological polar surface area (TPSA) is 86.2 Å². The monoisotopic (exact) mass is 404 g/mol. The van der Waals surface area contributed by atoms with E-state index in [1.807, 2.05) is 61.5 Å². The van der Waals surface area contributed by atoms with Crippen molar-refractivity contribution in [2.75, 3.05) is 0 Å². The maximum Gasteiger partial charge on any atom is 0.238 e. The summed E-state index contributed by atoms with van der Waals surface area (Å²) in [7, 11) is -3.92. The summed E-state index contributed by atoms with van der Waals surface area (Å²) in [5.41, 5.74) is 3.81. The quantitative estimate of drug-likeness (QED) is 0.528. The average Bonchev–Trinajstić information content (AvgIpc) is 3.12. The Morgan fingerprint density at radius 2 is 1.48 bits per heavy atom. The van der Waals surface area contributed by atoms with Gasteiger partial charge in [0, 0.05) is 17.5 Å². The van der Waals surface area contributed by atoms with E-state index in [1.54, 1.807) is 18.2 Å². The second-order valence-corrected chi connectivity index (χ2v) is 8.33. The standard InChI is InChI=1S/C23H20N2O3S/c1-16-9-5-6-12-18(16)23-22(19-13-7-8-14-20(19)29(24,26)27)25-21(28-23)15-17-10-3-2-4-11-17/h2-14H,15H2,1H3,(H2,24,26,27). The lowest BCUT2D eigenvalue weighted by Crippen LogP contribution is -2.13. The number of rotatable bonds is 5. The van der Waals surface area contributed by atoms with Crippen LogP contribution in [0.1, 0.15) is 17.0 Å². The molecule has 5 nitrogen and oxygen atoms in total. The molecule has 0 spiro atoms. The van der Waals surface area contributed by atoms with Gasteiger partial charge in [0.2, 0.25) is 10.0 Å². The molecule has 6 heteroatoms. The number of hydrogen-bond acceptors (Lipinski definition) is 4. The summed E-state index contributed by atoms with van der Waals surface area (Å²) < 4.78 is 30.5. The second kappa shape index (κ2) is 7.66. The zero-order valence-corrected chi connectivity index (χ0v) is 16.7. The van der Waals surface area contributed by atoms with E-state index in [0.29, 0.717) is 29.3 Å². The van der Waals surface area contributed by atoms with Crippen molar-refractivity contribution in [3.05, 3.63) is 95.9 Å². The molecule has 0 aliphatic heterocycles. The number of nitrogens with two attached hydrogens (primary N) is 1. The molecule has 29 heavy (non-hydrogen) atoms. The van der Waals surface area contributed by atoms with Crippen LogP contribution < -0.4 is 5.14 Å². The Morgan fingerprint density at radius 3 is 2.17 bits per heavy atom. The zero-order valence-electron chi connectivity index (χ0n) is 15.9. The summed E-state index contributed by atoms with van der Waals surface area (Å²) in [4.78, 5) is 4.70. The molecular formula is C23H20N2O3S. The highest BCUT2D eigenvalue weighted by Gasteiger charge is 2.23. The molecule has 0 fully saturated rings. The molecule has 0 aliphatic rings. The predicted molar refractivity (Wildman–Crippen MR) is 113 cm³/mol. The fraction of sp³-hybridized carbons (Fsp3) is 0.0870. The Labute approximate surface area is 169 Å². The van der Waals surface area contributed by atoms with Gasteiger partial charge >= 0.3 is 0 Å². The van der Waals surface area contributed by atoms with Crippen LogP contribution in [0.25, 0.3) is 22.6 Å². The first kappa shape index (κ1) is 19.1. The molecule has 0 amide bonds. The Bertz CT molecular complexity index is 1260. The van der Waals surface area contributed by atoms with Crippen molar-refractivity contribution < 1.29 is 12.8 Å². The lowest BCUT2D eigenvalue weighted by Gasteiger charge is -2.08. The van der Waals surface area contributed by atoms with Crippen molar-refractivity contribution in [3.63, 3.8) is 0 Å². The van der Waals surface area contributed by atoms with Gasteiger partial charge in [-0.05, 0) is 24.1 Å². The smallest absolute Gasteiger partial charge is 0.238 e. The van der Waals surface area contributed by atoms with Gasteiger partial charge in [-0.3, -0.25) is 0 Å². The van der Waals surface area contributed by atoms with Crippen LogP contribution in [0.4, 0.5) is 0 Å². The van der Waals surface area contributed by atoms with Gasteiger partial charge in [0.15, 0.2) is 11.7 Å². The van der Waals surface area contributed by atoms with Crippen LogP contribution in [0.3, 0.4) is 0 Å². The van der Waals surface area contributed by atoms with Crippen LogP contribution in [0, 0.1) is 6.92 Å². The van der Waals surface area contributed by atoms with Crippen molar-refractivity contribution in [3.8, 4) is 22.6 Å². The fourth-order valence-corrected chi connectivity index (χ4v) is 4.05. The number of benzene rings is 3. The number of primary sulfonamides is 1. The highest BCUT2D eigenvalue weighted by Crippen LogP contribution is 2.37. The van der Waals surface area contributed by atoms with Gasteiger partial charge in [-0.25, -0.2) is 18.5 Å². The number of aryl methyl sites for hydroxylation is 1. The Balaban J connectivity index is 1.93. The maximum atomic E-state index is 12.2. The third-order valence-corrected chi connectivity index (χ3v) is 5.68. The molecule has 0 atom stereocenters. The van der Waals surface area contributed by atoms with Gasteiger partial charge in [-0.1, -0.05) is 72.8 Å². The lowest BCUT2D eigenvalue weighted by molar-refractivity contribution is 0.519. The minimum atomic E-state index is -3.92. The molecule has 1 aromatic heterocycles. The number of aromatic nitrogens is 1. The van der Waals surface area contributed by atoms with Crippen LogP contribution in [0.5, 0.6) is 0 Å². The Morgan fingerprint density at radius 1 is 0.862 bits per heavy atom. The molecule has 4 rings (SSSR count). The zero-order chi connectivity index (χ0) is 20.4. The minimum absolute atomic E-state index is 0.0226. The van der Waals surface area contributed by atoms with Gasteiger partial charge in [-0.15, -0.1) is 0 Å². The van der Waals surface area contributed by atoms with Crippen LogP contribution in [-0.2, 0) is 16.4 Å². The summed E-state index contributed by atoms with van der Waals surface area (Å²) in [5, 5.41) is 5.46. The fourth-order valence-electron chi connectivity index (χ4n) is 3.31. The highest BCUT2D eigenvalue weighted by molar-refractivity contribution is 7.89. The molecule has 0 unspecified atom stereocenters. The summed E-state index contributed by atoms with van der Waals surface area (Å²) in [6.07, 6.45) is 0.497. The lowest BCUT2D eigenvalue weighted by atomic mass is 10.0. The number of hydrogen-bond donors (Lipinski definition) is 1. The van der Waals surface area contributed by atoms with E-state index in [9.17, 15) is 8.42 Å². The first-order chi connectivity index (χ1) is 13.9. The molecule has 0 saturated carbocycles. The summed E-state index contributed by atoms with van der Waals surface area (Å²) in [6, 6.07) is 24.2. The van der Waals surface area contributed by atoms with E-state index in [4.69, 9.17) is 9.56 Å². The average molecular weight is 404 g/mol. The van der Waals surface area contributed by atoms with Crippen molar-refractivity contribution in [2.45, 2.75) is 18.2 Å². The molecule has 0 bridgehead atoms. The molecule has 1 heterocycles. The van der Waals surface area contributed by atoms with E-state index < -0.39 is 10.0 Å². The predicted octanol–water partition coefficient (Wildman–Crippen LogP) is 4.56. The number of oxazole rings is 1. The minimum Gasteiger partial charge on any atom is -0.440 e. The first-order valence-electron chi connectivity index (χ1n) is 9.15. The summed E-state index contributed by atoms with van der Waals surface area (Å²) >= 11 is 0. The van der Waals surface area contributed by atoms with Crippen molar-refractivity contribution in [1.29, 1.82) is 0 Å². The normalized spacial score (nSPS) is 11.5. The van der Waals surface area contributed by atoms with Crippen molar-refractivity contribution in [2.24, 2.45) is 5.14 Å². The summed E-state index contributed by atoms with van der Waals surface area (Å²) in [6.45, 7) is 1.98. The molecule has 0 saturated heterocycles. The van der Waals surface area contributed by atoms with Gasteiger partial charge < -0.3 is 4.42 Å². The van der Waals surface area contributed by atoms with Gasteiger partial charge in [0.1, 0.15) is 5.69 Å². The van der Waals surface area contributed by atoms with Crippen LogP contribution in [0.15, 0.2) is 88.2 Å². The molecule has 0 radical (unpaired) electrons. The highest BCUT2D eigenvalue weighted by atomic mass is 32.2. The maximum absolute atomic E-state index is 12.2. The van der Waals surface area contributed by atoms with Gasteiger partial charge in [0.05, 0.1) is 4.90 Å². The number of sulfonamides is 1. The van der Waals surface area contributed by atoms with E-state index in [-0.39, 0.29) is 4.90 Å². The SMILES string of the molecule is Cc1ccccc1-c1oc(Cc2ccccc2)nc1-c1ccccc1S(N)(=O)=O. The largest absolute Gasteiger partial charge is 0.440 e. The third-order valence-electron chi connectivity index (χ3n) is 4.71. The summed E-state index contributed by atoms with van der Waals surface area (Å²) in [5.74, 6) is 1.04. The van der Waals surface area contributed by atoms with Crippen LogP contribution in [-0.4, -0.2) is 13.4 Å². The van der Waals surface area contributed by atoms with E-state index in [0.717, 1.165) is 16.7 Å². The van der Waals surface area contributed by atoms with Crippen molar-refractivity contribution >= 4 is 10.0 Å². The second-order valence-electron chi connectivity index (χ2n) is 6.80.